The first-order chi connectivity index (χ1) is 15.3. The molecular formula is C24H32FN5O2. The second-order valence-corrected chi connectivity index (χ2v) is 9.59. The molecule has 0 unspecified atom stereocenters. The van der Waals surface area contributed by atoms with Crippen LogP contribution in [0.2, 0.25) is 0 Å². The number of halogens is 1. The Morgan fingerprint density at radius 3 is 2.59 bits per heavy atom. The molecular weight excluding hydrogens is 409 g/mol. The van der Waals surface area contributed by atoms with Crippen molar-refractivity contribution >= 4 is 11.9 Å². The highest BCUT2D eigenvalue weighted by Gasteiger charge is 2.55. The molecule has 7 nitrogen and oxygen atoms in total. The monoisotopic (exact) mass is 441 g/mol. The molecule has 0 spiro atoms. The minimum absolute atomic E-state index is 0.00970. The lowest BCUT2D eigenvalue weighted by Crippen LogP contribution is -2.57. The number of nitrogens with zero attached hydrogens (tertiary/aromatic N) is 4. The largest absolute Gasteiger partial charge is 0.325 e. The average Bonchev–Trinajstić information content (AvgIpc) is 3.25. The van der Waals surface area contributed by atoms with Gasteiger partial charge in [0.2, 0.25) is 0 Å². The van der Waals surface area contributed by atoms with E-state index in [-0.39, 0.29) is 29.6 Å². The lowest BCUT2D eigenvalue weighted by atomic mass is 9.73. The molecule has 1 aromatic heterocycles. The quantitative estimate of drug-likeness (QED) is 0.671. The maximum Gasteiger partial charge on any atom is 0.325 e. The van der Waals surface area contributed by atoms with Crippen LogP contribution in [0.5, 0.6) is 0 Å². The second-order valence-electron chi connectivity index (χ2n) is 9.59. The highest BCUT2D eigenvalue weighted by Crippen LogP contribution is 2.37. The molecule has 172 valence electrons. The third kappa shape index (κ3) is 4.55. The van der Waals surface area contributed by atoms with E-state index in [2.05, 4.69) is 15.3 Å². The summed E-state index contributed by atoms with van der Waals surface area (Å²) in [6.45, 7) is 6.84. The molecule has 0 radical (unpaired) electrons. The fourth-order valence-corrected chi connectivity index (χ4v) is 5.08. The third-order valence-corrected chi connectivity index (χ3v) is 6.57. The lowest BCUT2D eigenvalue weighted by Gasteiger charge is -2.41. The molecule has 0 bridgehead atoms. The van der Waals surface area contributed by atoms with E-state index < -0.39 is 5.54 Å². The van der Waals surface area contributed by atoms with Crippen LogP contribution < -0.4 is 5.32 Å². The van der Waals surface area contributed by atoms with Crippen LogP contribution in [0.3, 0.4) is 0 Å². The molecule has 3 heterocycles. The molecule has 0 saturated carbocycles. The molecule has 1 aromatic carbocycles. The summed E-state index contributed by atoms with van der Waals surface area (Å²) in [6, 6.07) is 6.00. The molecule has 2 fully saturated rings. The Morgan fingerprint density at radius 2 is 1.97 bits per heavy atom. The Balaban J connectivity index is 1.55. The number of benzene rings is 1. The predicted octanol–water partition coefficient (Wildman–Crippen LogP) is 2.96. The molecule has 4 rings (SSSR count). The van der Waals surface area contributed by atoms with Gasteiger partial charge >= 0.3 is 6.03 Å². The van der Waals surface area contributed by atoms with E-state index >= 15 is 0 Å². The van der Waals surface area contributed by atoms with Crippen molar-refractivity contribution in [3.8, 4) is 0 Å². The molecule has 0 aliphatic carbocycles. The SMILES string of the molecule is CC(C)CN1C(=O)N[C@](Cc2cccc(F)c2)(C2CCN(Cc3cnn(C)c3)CC2)C1=O. The number of carbonyl (C=O) groups excluding carboxylic acids is 2. The van der Waals surface area contributed by atoms with Gasteiger partial charge in [-0.2, -0.15) is 5.10 Å². The Kier molecular flexibility index (Phi) is 6.33. The Bertz CT molecular complexity index is 982. The van der Waals surface area contributed by atoms with E-state index in [1.54, 1.807) is 10.7 Å². The number of imide groups is 1. The van der Waals surface area contributed by atoms with Gasteiger partial charge in [-0.1, -0.05) is 26.0 Å². The van der Waals surface area contributed by atoms with Crippen molar-refractivity contribution in [2.24, 2.45) is 18.9 Å². The molecule has 32 heavy (non-hydrogen) atoms. The maximum atomic E-state index is 13.9. The number of urea groups is 1. The van der Waals surface area contributed by atoms with Crippen molar-refractivity contribution in [1.82, 2.24) is 24.9 Å². The fourth-order valence-electron chi connectivity index (χ4n) is 5.08. The number of aromatic nitrogens is 2. The maximum absolute atomic E-state index is 13.9. The number of carbonyl (C=O) groups is 2. The summed E-state index contributed by atoms with van der Waals surface area (Å²) in [7, 11) is 1.91. The molecule has 8 heteroatoms. The highest BCUT2D eigenvalue weighted by atomic mass is 19.1. The summed E-state index contributed by atoms with van der Waals surface area (Å²) in [6.07, 6.45) is 5.77. The van der Waals surface area contributed by atoms with Crippen LogP contribution in [0.4, 0.5) is 9.18 Å². The number of nitrogens with one attached hydrogen (secondary N) is 1. The first-order valence-corrected chi connectivity index (χ1v) is 11.4. The second kappa shape index (κ2) is 9.02. The van der Waals surface area contributed by atoms with Crippen molar-refractivity contribution in [3.63, 3.8) is 0 Å². The third-order valence-electron chi connectivity index (χ3n) is 6.57. The number of hydrogen-bond donors (Lipinski definition) is 1. The van der Waals surface area contributed by atoms with Gasteiger partial charge in [0.15, 0.2) is 0 Å². The molecule has 2 saturated heterocycles. The number of amides is 3. The van der Waals surface area contributed by atoms with Crippen LogP contribution in [0, 0.1) is 17.7 Å². The van der Waals surface area contributed by atoms with Gasteiger partial charge in [0.1, 0.15) is 11.4 Å². The van der Waals surface area contributed by atoms with E-state index in [0.29, 0.717) is 13.0 Å². The van der Waals surface area contributed by atoms with Crippen molar-refractivity contribution in [2.45, 2.75) is 45.2 Å². The minimum atomic E-state index is -1.03. The van der Waals surface area contributed by atoms with Crippen LogP contribution in [0.15, 0.2) is 36.7 Å². The van der Waals surface area contributed by atoms with E-state index in [1.807, 2.05) is 39.4 Å². The zero-order valence-electron chi connectivity index (χ0n) is 19.1. The van der Waals surface area contributed by atoms with Crippen molar-refractivity contribution in [1.29, 1.82) is 0 Å². The standard InChI is InChI=1S/C24H32FN5O2/c1-17(2)14-30-22(31)24(27-23(30)32,12-18-5-4-6-21(25)11-18)20-7-9-29(10-8-20)16-19-13-26-28(3)15-19/h4-6,11,13,15,17,20H,7-10,12,14,16H2,1-3H3,(H,27,32)/t24-/m1/s1. The summed E-state index contributed by atoms with van der Waals surface area (Å²) in [5, 5.41) is 7.30. The van der Waals surface area contributed by atoms with Crippen LogP contribution in [-0.2, 0) is 24.8 Å². The Labute approximate surface area is 188 Å². The van der Waals surface area contributed by atoms with Gasteiger partial charge in [-0.15, -0.1) is 0 Å². The number of likely N-dealkylation sites (tertiary alicyclic amines) is 1. The van der Waals surface area contributed by atoms with Gasteiger partial charge in [0.25, 0.3) is 5.91 Å². The fraction of sp³-hybridized carbons (Fsp3) is 0.542. The van der Waals surface area contributed by atoms with Crippen LogP contribution in [-0.4, -0.2) is 56.7 Å². The van der Waals surface area contributed by atoms with E-state index in [0.717, 1.165) is 43.6 Å². The van der Waals surface area contributed by atoms with Gasteiger partial charge in [-0.3, -0.25) is 19.3 Å². The Hall–Kier alpha value is -2.74. The number of piperidine rings is 1. The first kappa shape index (κ1) is 22.5. The molecule has 2 aromatic rings. The van der Waals surface area contributed by atoms with Gasteiger partial charge in [0, 0.05) is 38.3 Å². The van der Waals surface area contributed by atoms with E-state index in [1.165, 1.54) is 17.0 Å². The van der Waals surface area contributed by atoms with Crippen LogP contribution >= 0.6 is 0 Å². The number of aryl methyl sites for hydroxylation is 1. The normalized spacial score (nSPS) is 22.7. The predicted molar refractivity (Wildman–Crippen MR) is 119 cm³/mol. The summed E-state index contributed by atoms with van der Waals surface area (Å²) in [5.41, 5.74) is 0.858. The van der Waals surface area contributed by atoms with Gasteiger partial charge in [-0.25, -0.2) is 9.18 Å². The van der Waals surface area contributed by atoms with Gasteiger partial charge < -0.3 is 5.32 Å². The Morgan fingerprint density at radius 1 is 1.22 bits per heavy atom. The first-order valence-electron chi connectivity index (χ1n) is 11.4. The smallest absolute Gasteiger partial charge is 0.322 e. The van der Waals surface area contributed by atoms with Crippen molar-refractivity contribution in [2.75, 3.05) is 19.6 Å². The van der Waals surface area contributed by atoms with Crippen molar-refractivity contribution in [3.05, 3.63) is 53.6 Å². The highest BCUT2D eigenvalue weighted by molar-refractivity contribution is 6.07. The van der Waals surface area contributed by atoms with E-state index in [4.69, 9.17) is 0 Å². The van der Waals surface area contributed by atoms with Gasteiger partial charge in [-0.05, 0) is 55.5 Å². The molecule has 3 amide bonds. The lowest BCUT2D eigenvalue weighted by molar-refractivity contribution is -0.134. The topological polar surface area (TPSA) is 70.5 Å². The van der Waals surface area contributed by atoms with Crippen LogP contribution in [0.1, 0.15) is 37.8 Å². The summed E-state index contributed by atoms with van der Waals surface area (Å²) in [5.74, 6) is -0.341. The average molecular weight is 442 g/mol. The van der Waals surface area contributed by atoms with Crippen LogP contribution in [0.25, 0.3) is 0 Å². The van der Waals surface area contributed by atoms with Crippen molar-refractivity contribution < 1.29 is 14.0 Å². The number of rotatable bonds is 7. The summed E-state index contributed by atoms with van der Waals surface area (Å²) in [4.78, 5) is 30.2. The molecule has 2 aliphatic heterocycles. The zero-order valence-corrected chi connectivity index (χ0v) is 19.1. The minimum Gasteiger partial charge on any atom is -0.322 e. The molecule has 2 aliphatic rings. The van der Waals surface area contributed by atoms with Gasteiger partial charge in [0.05, 0.1) is 6.20 Å². The molecule has 1 atom stereocenters. The summed E-state index contributed by atoms with van der Waals surface area (Å²) >= 11 is 0. The summed E-state index contributed by atoms with van der Waals surface area (Å²) < 4.78 is 15.7. The number of hydrogen-bond acceptors (Lipinski definition) is 4. The molecule has 1 N–H and O–H groups in total. The zero-order chi connectivity index (χ0) is 22.9. The van der Waals surface area contributed by atoms with E-state index in [9.17, 15) is 14.0 Å².